The van der Waals surface area contributed by atoms with Gasteiger partial charge >= 0.3 is 442 Å². The van der Waals surface area contributed by atoms with Crippen LogP contribution >= 0.6 is 92.8 Å². The fourth-order valence-electron chi connectivity index (χ4n) is 9.42. The van der Waals surface area contributed by atoms with Gasteiger partial charge in [-0.3, -0.25) is 0 Å². The van der Waals surface area contributed by atoms with Crippen LogP contribution < -0.4 is 22.3 Å². The average molecular weight is 1160 g/mol. The number of aromatic nitrogens is 8. The first-order chi connectivity index (χ1) is 35.4. The number of rotatable bonds is 5. The monoisotopic (exact) mass is 1160 g/mol. The standard InChI is InChI=1S/C32H17N8.4C6H3Cl2.Cu/c1-2-10-18-17(9-1)25-33-26(18)38-28-21-13-5-6-14-22(21)30(35-28)40-32-24-16-8-7-15-23(24)31(36-32)39-29-20-12-4-3-11-19(20)27(34-29)37-25;4*7-5-1-2-6(8)4-3-5;/h1-7,9-16H,(H2,33,34,35,36,37,38,39,40);4*1-3H;. The van der Waals surface area contributed by atoms with E-state index in [9.17, 15) is 0 Å². The maximum absolute atomic E-state index is 7.66. The SMILES string of the molecule is Clc1ccc(Cl)[c]([Cu]([c]2ccc3c4nc5nc(nc6[nH]c(nc7nc(nc([nH]4)c3c2)-c2ccccc2-7)c2ccccc62)-c2ccccc2-5)([c]2cc(Cl)ccc2Cl)([c]2cc(Cl)ccc2Cl)[c]2cc(Cl)ccc2Cl)c1. The van der Waals surface area contributed by atoms with Gasteiger partial charge in [-0.2, -0.15) is 0 Å². The van der Waals surface area contributed by atoms with Crippen molar-refractivity contribution in [3.8, 4) is 45.6 Å². The van der Waals surface area contributed by atoms with Gasteiger partial charge in [-0.25, -0.2) is 0 Å². The summed E-state index contributed by atoms with van der Waals surface area (Å²) in [5.74, 6) is 1.78. The summed E-state index contributed by atoms with van der Waals surface area (Å²) in [6.45, 7) is 0. The average Bonchev–Trinajstić information content (AvgIpc) is 4.16. The number of H-pyrrole nitrogens is 2. The molecule has 360 valence electrons. The zero-order chi connectivity index (χ0) is 49.9. The van der Waals surface area contributed by atoms with Gasteiger partial charge in [0.15, 0.2) is 0 Å². The Morgan fingerprint density at radius 1 is 0.288 bits per heavy atom. The van der Waals surface area contributed by atoms with E-state index in [1.165, 1.54) is 0 Å². The summed E-state index contributed by atoms with van der Waals surface area (Å²) in [7, 11) is 0. The Balaban J connectivity index is 1.27. The van der Waals surface area contributed by atoms with Gasteiger partial charge in [-0.1, -0.05) is 18.2 Å². The number of nitrogens with zero attached hydrogens (tertiary/aromatic N) is 6. The van der Waals surface area contributed by atoms with Crippen molar-refractivity contribution in [3.05, 3.63) is 204 Å². The van der Waals surface area contributed by atoms with Gasteiger partial charge in [-0.05, 0) is 0 Å². The Labute approximate surface area is 456 Å². The Morgan fingerprint density at radius 3 is 0.932 bits per heavy atom. The molecule has 0 amide bonds. The molecule has 13 rings (SSSR count). The van der Waals surface area contributed by atoms with Crippen molar-refractivity contribution in [2.75, 3.05) is 0 Å². The number of aromatic amines is 2. The summed E-state index contributed by atoms with van der Waals surface area (Å²) in [5, 5.41) is 5.69. The van der Waals surface area contributed by atoms with Gasteiger partial charge in [0.05, 0.1) is 0 Å². The van der Waals surface area contributed by atoms with Crippen molar-refractivity contribution < 1.29 is 11.8 Å². The van der Waals surface area contributed by atoms with E-state index in [0.29, 0.717) is 119 Å². The van der Waals surface area contributed by atoms with Crippen LogP contribution in [0.3, 0.4) is 0 Å². The van der Waals surface area contributed by atoms with Crippen LogP contribution in [0.5, 0.6) is 0 Å². The van der Waals surface area contributed by atoms with Gasteiger partial charge in [-0.15, -0.1) is 0 Å². The molecule has 8 nitrogen and oxygen atoms in total. The van der Waals surface area contributed by atoms with E-state index in [1.54, 1.807) is 48.5 Å². The second-order valence-electron chi connectivity index (χ2n) is 16.7. The van der Waals surface area contributed by atoms with E-state index in [0.717, 1.165) is 33.0 Å². The third kappa shape index (κ3) is 7.03. The topological polar surface area (TPSA) is 109 Å². The summed E-state index contributed by atoms with van der Waals surface area (Å²) < 4.78 is 2.61. The molecule has 17 heteroatoms. The summed E-state index contributed by atoms with van der Waals surface area (Å²) in [6.07, 6.45) is 0. The number of halogens is 8. The minimum atomic E-state index is -4.51. The van der Waals surface area contributed by atoms with Crippen molar-refractivity contribution in [1.82, 2.24) is 39.9 Å². The van der Waals surface area contributed by atoms with E-state index >= 15 is 0 Å². The van der Waals surface area contributed by atoms with Crippen molar-refractivity contribution in [1.29, 1.82) is 0 Å². The van der Waals surface area contributed by atoms with Crippen LogP contribution in [-0.2, 0) is 11.8 Å². The predicted octanol–water partition coefficient (Wildman–Crippen LogP) is 14.7. The molecule has 8 aromatic carbocycles. The molecule has 3 aromatic heterocycles. The van der Waals surface area contributed by atoms with Crippen molar-refractivity contribution >= 4 is 159 Å². The molecule has 2 aliphatic heterocycles. The number of hydrogen-bond acceptors (Lipinski definition) is 6. The number of nitrogens with one attached hydrogen (secondary N) is 2. The maximum atomic E-state index is 7.66. The van der Waals surface area contributed by atoms with Crippen LogP contribution in [0.2, 0.25) is 40.2 Å². The molecule has 11 aromatic rings. The molecule has 2 N–H and O–H groups in total. The Hall–Kier alpha value is -6.04. The molecular weight excluding hydrogens is 1130 g/mol. The van der Waals surface area contributed by atoms with E-state index in [1.807, 2.05) is 115 Å². The summed E-state index contributed by atoms with van der Waals surface area (Å²) in [4.78, 5) is 38.4. The summed E-state index contributed by atoms with van der Waals surface area (Å²) in [5.41, 5.74) is 5.19. The first-order valence-electron chi connectivity index (χ1n) is 22.1. The minimum absolute atomic E-state index is 0.306. The molecule has 0 atom stereocenters. The van der Waals surface area contributed by atoms with Crippen LogP contribution in [0, 0.1) is 0 Å². The quantitative estimate of drug-likeness (QED) is 0.166. The van der Waals surface area contributed by atoms with E-state index in [-0.39, 0.29) is 0 Å². The first kappa shape index (κ1) is 46.7. The summed E-state index contributed by atoms with van der Waals surface area (Å²) >= 11 is 54.6. The Morgan fingerprint density at radius 2 is 0.589 bits per heavy atom. The van der Waals surface area contributed by atoms with Gasteiger partial charge in [0.1, 0.15) is 0 Å². The number of hydrogen-bond donors (Lipinski definition) is 2. The van der Waals surface area contributed by atoms with Crippen LogP contribution in [0.4, 0.5) is 0 Å². The van der Waals surface area contributed by atoms with Crippen LogP contribution in [0.15, 0.2) is 164 Å². The van der Waals surface area contributed by atoms with E-state index < -0.39 is 11.8 Å². The number of benzene rings is 8. The van der Waals surface area contributed by atoms with Crippen molar-refractivity contribution in [2.45, 2.75) is 0 Å². The molecule has 0 spiro atoms. The van der Waals surface area contributed by atoms with Gasteiger partial charge in [0.25, 0.3) is 0 Å². The molecule has 0 saturated carbocycles. The van der Waals surface area contributed by atoms with Crippen LogP contribution in [0.1, 0.15) is 0 Å². The number of fused-ring (bicyclic) bond motifs is 20. The Bertz CT molecular complexity index is 4160. The molecule has 8 bridgehead atoms. The van der Waals surface area contributed by atoms with Crippen molar-refractivity contribution in [2.24, 2.45) is 0 Å². The molecular formula is C56H29Cl8CuN8. The molecule has 73 heavy (non-hydrogen) atoms. The third-order valence-electron chi connectivity index (χ3n) is 12.5. The van der Waals surface area contributed by atoms with Gasteiger partial charge in [0.2, 0.25) is 0 Å². The molecule has 0 unspecified atom stereocenters. The zero-order valence-electron chi connectivity index (χ0n) is 37.1. The van der Waals surface area contributed by atoms with Gasteiger partial charge in [0, 0.05) is 0 Å². The molecule has 0 aliphatic carbocycles. The first-order valence-corrected chi connectivity index (χ1v) is 27.5. The third-order valence-corrected chi connectivity index (χ3v) is 22.2. The van der Waals surface area contributed by atoms with E-state index in [2.05, 4.69) is 9.97 Å². The normalized spacial score (nSPS) is 12.7. The fraction of sp³-hybridized carbons (Fsp3) is 0. The van der Waals surface area contributed by atoms with Crippen LogP contribution in [-0.4, -0.2) is 39.9 Å². The van der Waals surface area contributed by atoms with Crippen LogP contribution in [0.25, 0.3) is 89.7 Å². The molecule has 0 saturated heterocycles. The zero-order valence-corrected chi connectivity index (χ0v) is 44.1. The summed E-state index contributed by atoms with van der Waals surface area (Å²) in [6, 6.07) is 50.7. The fourth-order valence-corrected chi connectivity index (χ4v) is 20.1. The molecule has 0 radical (unpaired) electrons. The van der Waals surface area contributed by atoms with Crippen molar-refractivity contribution in [3.63, 3.8) is 0 Å². The molecule has 0 fully saturated rings. The van der Waals surface area contributed by atoms with Gasteiger partial charge < -0.3 is 0 Å². The Kier molecular flexibility index (Phi) is 11.2. The second-order valence-corrected chi connectivity index (χ2v) is 25.0. The molecule has 2 aliphatic rings. The molecule has 5 heterocycles. The predicted molar refractivity (Wildman–Crippen MR) is 300 cm³/mol. The van der Waals surface area contributed by atoms with E-state index in [4.69, 9.17) is 123 Å². The second kappa shape index (κ2) is 17.5.